The van der Waals surface area contributed by atoms with Gasteiger partial charge in [0.15, 0.2) is 0 Å². The average molecular weight is 328 g/mol. The van der Waals surface area contributed by atoms with Gasteiger partial charge in [-0.25, -0.2) is 17.9 Å². The Morgan fingerprint density at radius 3 is 2.50 bits per heavy atom. The van der Waals surface area contributed by atoms with Gasteiger partial charge in [0.25, 0.3) is 0 Å². The second-order valence-electron chi connectivity index (χ2n) is 5.25. The summed E-state index contributed by atoms with van der Waals surface area (Å²) in [7, 11) is -3.72. The zero-order valence-electron chi connectivity index (χ0n) is 13.2. The van der Waals surface area contributed by atoms with E-state index in [-0.39, 0.29) is 16.5 Å². The maximum atomic E-state index is 12.3. The number of aromatic carboxylic acids is 1. The molecule has 0 bridgehead atoms. The SMILES string of the molecule is CCCNc1ccc(S(=O)(=O)N[C@@H](C)CCC)cc1C(=O)O. The number of nitrogens with one attached hydrogen (secondary N) is 2. The van der Waals surface area contributed by atoms with Crippen molar-refractivity contribution >= 4 is 21.7 Å². The topological polar surface area (TPSA) is 95.5 Å². The Bertz CT molecular complexity index is 614. The molecule has 1 atom stereocenters. The Balaban J connectivity index is 3.10. The molecule has 1 rings (SSSR count). The van der Waals surface area contributed by atoms with Gasteiger partial charge in [-0.05, 0) is 38.0 Å². The Morgan fingerprint density at radius 1 is 1.27 bits per heavy atom. The molecule has 0 saturated heterocycles. The van der Waals surface area contributed by atoms with Crippen LogP contribution in [0.5, 0.6) is 0 Å². The monoisotopic (exact) mass is 328 g/mol. The first-order valence-corrected chi connectivity index (χ1v) is 8.93. The van der Waals surface area contributed by atoms with Crippen LogP contribution in [0, 0.1) is 0 Å². The number of sulfonamides is 1. The molecule has 22 heavy (non-hydrogen) atoms. The van der Waals surface area contributed by atoms with Crippen LogP contribution in [0.4, 0.5) is 5.69 Å². The fraction of sp³-hybridized carbons (Fsp3) is 0.533. The number of benzene rings is 1. The van der Waals surface area contributed by atoms with E-state index in [4.69, 9.17) is 0 Å². The minimum absolute atomic E-state index is 0.0325. The minimum atomic E-state index is -3.72. The molecule has 0 radical (unpaired) electrons. The van der Waals surface area contributed by atoms with Gasteiger partial charge in [-0.2, -0.15) is 0 Å². The van der Waals surface area contributed by atoms with Crippen molar-refractivity contribution in [2.75, 3.05) is 11.9 Å². The van der Waals surface area contributed by atoms with Crippen LogP contribution >= 0.6 is 0 Å². The largest absolute Gasteiger partial charge is 0.478 e. The highest BCUT2D eigenvalue weighted by Gasteiger charge is 2.20. The number of carboxylic acids is 1. The average Bonchev–Trinajstić information content (AvgIpc) is 2.44. The molecule has 1 aromatic rings. The maximum Gasteiger partial charge on any atom is 0.337 e. The zero-order valence-corrected chi connectivity index (χ0v) is 14.0. The summed E-state index contributed by atoms with van der Waals surface area (Å²) in [5.41, 5.74) is 0.384. The third-order valence-electron chi connectivity index (χ3n) is 3.18. The van der Waals surface area contributed by atoms with Crippen molar-refractivity contribution < 1.29 is 18.3 Å². The minimum Gasteiger partial charge on any atom is -0.478 e. The van der Waals surface area contributed by atoms with Crippen LogP contribution in [-0.2, 0) is 10.0 Å². The predicted molar refractivity (Wildman–Crippen MR) is 86.9 cm³/mol. The van der Waals surface area contributed by atoms with Crippen LogP contribution in [0.2, 0.25) is 0 Å². The van der Waals surface area contributed by atoms with Crippen LogP contribution in [0.3, 0.4) is 0 Å². The Hall–Kier alpha value is -1.60. The molecule has 0 unspecified atom stereocenters. The van der Waals surface area contributed by atoms with Crippen LogP contribution < -0.4 is 10.0 Å². The summed E-state index contributed by atoms with van der Waals surface area (Å²) in [4.78, 5) is 11.3. The smallest absolute Gasteiger partial charge is 0.337 e. The third-order valence-corrected chi connectivity index (χ3v) is 4.76. The first-order valence-electron chi connectivity index (χ1n) is 7.45. The molecule has 0 heterocycles. The lowest BCUT2D eigenvalue weighted by Crippen LogP contribution is -2.32. The van der Waals surface area contributed by atoms with Crippen molar-refractivity contribution in [2.45, 2.75) is 51.0 Å². The van der Waals surface area contributed by atoms with E-state index in [1.165, 1.54) is 18.2 Å². The summed E-state index contributed by atoms with van der Waals surface area (Å²) in [6.45, 7) is 6.35. The number of anilines is 1. The summed E-state index contributed by atoms with van der Waals surface area (Å²) in [5.74, 6) is -1.16. The fourth-order valence-corrected chi connectivity index (χ4v) is 3.41. The summed E-state index contributed by atoms with van der Waals surface area (Å²) in [5, 5.41) is 12.3. The van der Waals surface area contributed by atoms with Crippen molar-refractivity contribution in [3.63, 3.8) is 0 Å². The van der Waals surface area contributed by atoms with Gasteiger partial charge in [-0.3, -0.25) is 0 Å². The van der Waals surface area contributed by atoms with E-state index >= 15 is 0 Å². The molecule has 0 aliphatic carbocycles. The van der Waals surface area contributed by atoms with Crippen molar-refractivity contribution in [3.8, 4) is 0 Å². The van der Waals surface area contributed by atoms with Gasteiger partial charge in [0.1, 0.15) is 0 Å². The van der Waals surface area contributed by atoms with Gasteiger partial charge >= 0.3 is 5.97 Å². The maximum absolute atomic E-state index is 12.3. The molecule has 0 spiro atoms. The highest BCUT2D eigenvalue weighted by Crippen LogP contribution is 2.21. The molecule has 7 heteroatoms. The lowest BCUT2D eigenvalue weighted by molar-refractivity contribution is 0.0697. The van der Waals surface area contributed by atoms with E-state index in [1.807, 2.05) is 13.8 Å². The normalized spacial score (nSPS) is 12.9. The van der Waals surface area contributed by atoms with Gasteiger partial charge < -0.3 is 10.4 Å². The standard InChI is InChI=1S/C15H24N2O4S/c1-4-6-11(3)17-22(20,21)12-7-8-14(16-9-5-2)13(10-12)15(18)19/h7-8,10-11,16-17H,4-6,9H2,1-3H3,(H,18,19)/t11-/m0/s1. The summed E-state index contributed by atoms with van der Waals surface area (Å²) < 4.78 is 27.1. The van der Waals surface area contributed by atoms with E-state index < -0.39 is 16.0 Å². The van der Waals surface area contributed by atoms with Crippen LogP contribution in [0.25, 0.3) is 0 Å². The molecule has 3 N–H and O–H groups in total. The van der Waals surface area contributed by atoms with Gasteiger partial charge in [-0.1, -0.05) is 20.3 Å². The lowest BCUT2D eigenvalue weighted by atomic mass is 10.2. The van der Waals surface area contributed by atoms with Crippen molar-refractivity contribution in [1.82, 2.24) is 4.72 Å². The summed E-state index contributed by atoms with van der Waals surface area (Å²) in [6.07, 6.45) is 2.43. The molecule has 0 saturated carbocycles. The molecule has 0 aliphatic rings. The molecule has 0 fully saturated rings. The predicted octanol–water partition coefficient (Wildman–Crippen LogP) is 2.67. The number of rotatable bonds is 9. The van der Waals surface area contributed by atoms with E-state index in [2.05, 4.69) is 10.0 Å². The van der Waals surface area contributed by atoms with Gasteiger partial charge in [0.2, 0.25) is 10.0 Å². The molecule has 0 aliphatic heterocycles. The van der Waals surface area contributed by atoms with Gasteiger partial charge in [0.05, 0.1) is 10.5 Å². The molecule has 0 amide bonds. The van der Waals surface area contributed by atoms with E-state index in [9.17, 15) is 18.3 Å². The zero-order chi connectivity index (χ0) is 16.8. The van der Waals surface area contributed by atoms with E-state index in [0.717, 1.165) is 19.3 Å². The first kappa shape index (κ1) is 18.4. The second-order valence-corrected chi connectivity index (χ2v) is 6.96. The molecule has 124 valence electrons. The van der Waals surface area contributed by atoms with E-state index in [1.54, 1.807) is 6.92 Å². The second kappa shape index (κ2) is 8.14. The summed E-state index contributed by atoms with van der Waals surface area (Å²) in [6, 6.07) is 3.92. The van der Waals surface area contributed by atoms with Gasteiger partial charge in [0, 0.05) is 18.3 Å². The van der Waals surface area contributed by atoms with Crippen molar-refractivity contribution in [2.24, 2.45) is 0 Å². The summed E-state index contributed by atoms with van der Waals surface area (Å²) >= 11 is 0. The molecule has 1 aromatic carbocycles. The highest BCUT2D eigenvalue weighted by molar-refractivity contribution is 7.89. The number of hydrogen-bond donors (Lipinski definition) is 3. The number of carbonyl (C=O) groups is 1. The third kappa shape index (κ3) is 4.99. The van der Waals surface area contributed by atoms with Crippen molar-refractivity contribution in [3.05, 3.63) is 23.8 Å². The van der Waals surface area contributed by atoms with Crippen LogP contribution in [0.15, 0.2) is 23.1 Å². The van der Waals surface area contributed by atoms with Gasteiger partial charge in [-0.15, -0.1) is 0 Å². The van der Waals surface area contributed by atoms with Crippen LogP contribution in [0.1, 0.15) is 50.4 Å². The van der Waals surface area contributed by atoms with E-state index in [0.29, 0.717) is 12.2 Å². The molecular formula is C15H24N2O4S. The number of carboxylic acid groups (broad SMARTS) is 1. The first-order chi connectivity index (χ1) is 10.3. The number of hydrogen-bond acceptors (Lipinski definition) is 4. The highest BCUT2D eigenvalue weighted by atomic mass is 32.2. The lowest BCUT2D eigenvalue weighted by Gasteiger charge is -2.15. The Labute approximate surface area is 132 Å². The Morgan fingerprint density at radius 2 is 1.95 bits per heavy atom. The Kier molecular flexibility index (Phi) is 6.83. The quantitative estimate of drug-likeness (QED) is 0.648. The fourth-order valence-electron chi connectivity index (χ4n) is 2.11. The van der Waals surface area contributed by atoms with Crippen molar-refractivity contribution in [1.29, 1.82) is 0 Å². The molecule has 6 nitrogen and oxygen atoms in total. The van der Waals surface area contributed by atoms with Crippen LogP contribution in [-0.4, -0.2) is 32.1 Å². The molecule has 0 aromatic heterocycles. The molecular weight excluding hydrogens is 304 g/mol.